The maximum Gasteiger partial charge on any atom is 0.332 e. The Labute approximate surface area is 141 Å². The Morgan fingerprint density at radius 3 is 2.33 bits per heavy atom. The van der Waals surface area contributed by atoms with E-state index in [1.165, 1.54) is 11.6 Å². The number of nitrogen functional groups attached to an aromatic ring is 1. The summed E-state index contributed by atoms with van der Waals surface area (Å²) in [6, 6.07) is 9.56. The molecule has 0 bridgehead atoms. The van der Waals surface area contributed by atoms with Gasteiger partial charge >= 0.3 is 5.69 Å². The van der Waals surface area contributed by atoms with Crippen molar-refractivity contribution in [2.75, 3.05) is 17.6 Å². The van der Waals surface area contributed by atoms with Gasteiger partial charge < -0.3 is 11.1 Å². The van der Waals surface area contributed by atoms with Gasteiger partial charge in [0.2, 0.25) is 0 Å². The highest BCUT2D eigenvalue weighted by molar-refractivity contribution is 5.60. The molecule has 1 aromatic carbocycles. The Morgan fingerprint density at radius 2 is 1.75 bits per heavy atom. The van der Waals surface area contributed by atoms with Crippen LogP contribution in [0.3, 0.4) is 0 Å². The van der Waals surface area contributed by atoms with Crippen LogP contribution in [0.2, 0.25) is 0 Å². The SMILES string of the molecule is Cn1c(=O)c(NCCC(C)(C)C)c(N)n(Cc2ccccc2)c1=O. The molecule has 1 aromatic heterocycles. The number of hydrogen-bond donors (Lipinski definition) is 2. The molecule has 0 aliphatic heterocycles. The van der Waals surface area contributed by atoms with E-state index < -0.39 is 11.2 Å². The minimum absolute atomic E-state index is 0.144. The summed E-state index contributed by atoms with van der Waals surface area (Å²) in [5.74, 6) is 0.181. The van der Waals surface area contributed by atoms with E-state index in [4.69, 9.17) is 5.73 Å². The molecule has 0 amide bonds. The van der Waals surface area contributed by atoms with Gasteiger partial charge in [0.15, 0.2) is 0 Å². The Bertz CT molecular complexity index is 814. The van der Waals surface area contributed by atoms with Crippen LogP contribution in [0.1, 0.15) is 32.8 Å². The van der Waals surface area contributed by atoms with E-state index in [9.17, 15) is 9.59 Å². The van der Waals surface area contributed by atoms with E-state index in [0.29, 0.717) is 13.1 Å². The van der Waals surface area contributed by atoms with Crippen molar-refractivity contribution in [1.29, 1.82) is 0 Å². The lowest BCUT2D eigenvalue weighted by atomic mass is 9.92. The minimum atomic E-state index is -0.414. The fourth-order valence-electron chi connectivity index (χ4n) is 2.43. The summed E-state index contributed by atoms with van der Waals surface area (Å²) in [7, 11) is 1.47. The molecule has 2 aromatic rings. The van der Waals surface area contributed by atoms with Crippen molar-refractivity contribution in [3.63, 3.8) is 0 Å². The van der Waals surface area contributed by atoms with Crippen LogP contribution in [0.25, 0.3) is 0 Å². The lowest BCUT2D eigenvalue weighted by molar-refractivity contribution is 0.389. The number of benzene rings is 1. The molecule has 0 saturated heterocycles. The predicted octanol–water partition coefficient (Wildman–Crippen LogP) is 2.03. The van der Waals surface area contributed by atoms with Gasteiger partial charge in [-0.15, -0.1) is 0 Å². The normalized spacial score (nSPS) is 11.5. The van der Waals surface area contributed by atoms with Crippen LogP contribution < -0.4 is 22.3 Å². The van der Waals surface area contributed by atoms with Crippen LogP contribution in [0.15, 0.2) is 39.9 Å². The Kier molecular flexibility index (Phi) is 5.17. The zero-order valence-electron chi connectivity index (χ0n) is 14.8. The quantitative estimate of drug-likeness (QED) is 0.879. The average Bonchev–Trinajstić information content (AvgIpc) is 2.53. The summed E-state index contributed by atoms with van der Waals surface area (Å²) in [6.07, 6.45) is 0.882. The first-order valence-electron chi connectivity index (χ1n) is 8.08. The van der Waals surface area contributed by atoms with Crippen LogP contribution in [0, 0.1) is 5.41 Å². The van der Waals surface area contributed by atoms with Gasteiger partial charge in [0.25, 0.3) is 5.56 Å². The molecule has 24 heavy (non-hydrogen) atoms. The molecule has 130 valence electrons. The van der Waals surface area contributed by atoms with Crippen LogP contribution >= 0.6 is 0 Å². The maximum atomic E-state index is 12.4. The van der Waals surface area contributed by atoms with E-state index in [1.54, 1.807) is 0 Å². The highest BCUT2D eigenvalue weighted by Crippen LogP contribution is 2.19. The summed E-state index contributed by atoms with van der Waals surface area (Å²) in [4.78, 5) is 24.8. The molecular formula is C18H26N4O2. The van der Waals surface area contributed by atoms with Crippen molar-refractivity contribution in [2.24, 2.45) is 12.5 Å². The van der Waals surface area contributed by atoms with Crippen LogP contribution in [-0.4, -0.2) is 15.7 Å². The Morgan fingerprint density at radius 1 is 1.12 bits per heavy atom. The van der Waals surface area contributed by atoms with Crippen molar-refractivity contribution in [1.82, 2.24) is 9.13 Å². The monoisotopic (exact) mass is 330 g/mol. The molecular weight excluding hydrogens is 304 g/mol. The Hall–Kier alpha value is -2.50. The van der Waals surface area contributed by atoms with Crippen LogP contribution in [-0.2, 0) is 13.6 Å². The molecule has 2 rings (SSSR count). The fourth-order valence-corrected chi connectivity index (χ4v) is 2.43. The molecule has 0 saturated carbocycles. The van der Waals surface area contributed by atoms with Gasteiger partial charge in [0.05, 0.1) is 6.54 Å². The molecule has 6 heteroatoms. The summed E-state index contributed by atoms with van der Waals surface area (Å²) in [6.45, 7) is 7.34. The van der Waals surface area contributed by atoms with Crippen molar-refractivity contribution >= 4 is 11.5 Å². The molecule has 0 aliphatic carbocycles. The van der Waals surface area contributed by atoms with Crippen LogP contribution in [0.5, 0.6) is 0 Å². The first-order valence-corrected chi connectivity index (χ1v) is 8.08. The largest absolute Gasteiger partial charge is 0.383 e. The summed E-state index contributed by atoms with van der Waals surface area (Å²) in [5.41, 5.74) is 6.71. The van der Waals surface area contributed by atoms with Gasteiger partial charge in [-0.1, -0.05) is 51.1 Å². The third-order valence-corrected chi connectivity index (χ3v) is 3.94. The number of rotatable bonds is 5. The zero-order valence-corrected chi connectivity index (χ0v) is 14.8. The van der Waals surface area contributed by atoms with E-state index in [0.717, 1.165) is 16.6 Å². The third-order valence-electron chi connectivity index (χ3n) is 3.94. The van der Waals surface area contributed by atoms with Gasteiger partial charge in [-0.3, -0.25) is 13.9 Å². The van der Waals surface area contributed by atoms with Gasteiger partial charge in [0.1, 0.15) is 11.5 Å². The molecule has 0 radical (unpaired) electrons. The van der Waals surface area contributed by atoms with Crippen molar-refractivity contribution in [3.8, 4) is 0 Å². The summed E-state index contributed by atoms with van der Waals surface area (Å²) < 4.78 is 2.52. The highest BCUT2D eigenvalue weighted by Gasteiger charge is 2.16. The smallest absolute Gasteiger partial charge is 0.332 e. The molecule has 0 aliphatic rings. The van der Waals surface area contributed by atoms with Gasteiger partial charge in [0, 0.05) is 13.6 Å². The molecule has 0 fully saturated rings. The number of nitrogens with one attached hydrogen (secondary N) is 1. The van der Waals surface area contributed by atoms with Gasteiger partial charge in [-0.2, -0.15) is 0 Å². The number of anilines is 2. The molecule has 1 heterocycles. The highest BCUT2D eigenvalue weighted by atomic mass is 16.2. The first kappa shape index (κ1) is 17.8. The molecule has 3 N–H and O–H groups in total. The summed E-state index contributed by atoms with van der Waals surface area (Å²) >= 11 is 0. The average molecular weight is 330 g/mol. The number of aromatic nitrogens is 2. The predicted molar refractivity (Wildman–Crippen MR) is 98.5 cm³/mol. The Balaban J connectivity index is 2.38. The van der Waals surface area contributed by atoms with E-state index in [-0.39, 0.29) is 16.9 Å². The second kappa shape index (κ2) is 6.95. The molecule has 6 nitrogen and oxygen atoms in total. The zero-order chi connectivity index (χ0) is 17.9. The number of nitrogens with zero attached hydrogens (tertiary/aromatic N) is 2. The minimum Gasteiger partial charge on any atom is -0.383 e. The number of nitrogens with two attached hydrogens (primary N) is 1. The molecule has 0 unspecified atom stereocenters. The first-order chi connectivity index (χ1) is 11.2. The lowest BCUT2D eigenvalue weighted by Gasteiger charge is -2.20. The third kappa shape index (κ3) is 4.07. The van der Waals surface area contributed by atoms with E-state index in [2.05, 4.69) is 26.1 Å². The van der Waals surface area contributed by atoms with Crippen molar-refractivity contribution in [3.05, 3.63) is 56.7 Å². The van der Waals surface area contributed by atoms with E-state index >= 15 is 0 Å². The standard InChI is InChI=1S/C18H26N4O2/c1-18(2,3)10-11-20-14-15(19)22(17(24)21(4)16(14)23)12-13-8-6-5-7-9-13/h5-9,20H,10-12,19H2,1-4H3. The lowest BCUT2D eigenvalue weighted by Crippen LogP contribution is -2.41. The van der Waals surface area contributed by atoms with Crippen molar-refractivity contribution < 1.29 is 0 Å². The number of hydrogen-bond acceptors (Lipinski definition) is 4. The van der Waals surface area contributed by atoms with Gasteiger partial charge in [-0.05, 0) is 17.4 Å². The maximum absolute atomic E-state index is 12.4. The second-order valence-corrected chi connectivity index (χ2v) is 7.22. The molecule has 0 spiro atoms. The van der Waals surface area contributed by atoms with Crippen LogP contribution in [0.4, 0.5) is 11.5 Å². The van der Waals surface area contributed by atoms with Crippen molar-refractivity contribution in [2.45, 2.75) is 33.7 Å². The fraction of sp³-hybridized carbons (Fsp3) is 0.444. The van der Waals surface area contributed by atoms with Gasteiger partial charge in [-0.25, -0.2) is 4.79 Å². The topological polar surface area (TPSA) is 82.0 Å². The molecule has 0 atom stereocenters. The van der Waals surface area contributed by atoms with E-state index in [1.807, 2.05) is 30.3 Å². The summed E-state index contributed by atoms with van der Waals surface area (Å²) in [5, 5.41) is 3.11. The second-order valence-electron chi connectivity index (χ2n) is 7.22.